The van der Waals surface area contributed by atoms with Crippen LogP contribution < -0.4 is 4.74 Å². The van der Waals surface area contributed by atoms with E-state index in [0.29, 0.717) is 0 Å². The van der Waals surface area contributed by atoms with E-state index in [4.69, 9.17) is 4.74 Å². The van der Waals surface area contributed by atoms with Crippen molar-refractivity contribution in [3.8, 4) is 5.75 Å². The molecule has 9 heteroatoms. The lowest BCUT2D eigenvalue weighted by Gasteiger charge is -2.13. The molecule has 0 saturated heterocycles. The number of nitro groups is 1. The van der Waals surface area contributed by atoms with Gasteiger partial charge < -0.3 is 4.74 Å². The van der Waals surface area contributed by atoms with Gasteiger partial charge in [-0.15, -0.1) is 0 Å². The number of hydrogen-bond donors (Lipinski definition) is 0. The second-order valence-corrected chi connectivity index (χ2v) is 5.40. The van der Waals surface area contributed by atoms with Crippen molar-refractivity contribution in [2.75, 3.05) is 6.54 Å². The average Bonchev–Trinajstić information content (AvgIpc) is 2.86. The number of halogens is 1. The van der Waals surface area contributed by atoms with Crippen molar-refractivity contribution in [1.29, 1.82) is 0 Å². The topological polar surface area (TPSA) is 107 Å². The summed E-state index contributed by atoms with van der Waals surface area (Å²) >= 11 is 0. The lowest BCUT2D eigenvalue weighted by Crippen LogP contribution is -2.32. The molecule has 3 rings (SSSR count). The van der Waals surface area contributed by atoms with Gasteiger partial charge in [0.2, 0.25) is 0 Å². The van der Waals surface area contributed by atoms with Gasteiger partial charge in [0, 0.05) is 12.6 Å². The van der Waals surface area contributed by atoms with Crippen LogP contribution in [0.1, 0.15) is 27.1 Å². The summed E-state index contributed by atoms with van der Waals surface area (Å²) in [5, 5.41) is 11.0. The van der Waals surface area contributed by atoms with Gasteiger partial charge in [-0.1, -0.05) is 6.07 Å². The number of carbonyl (C=O) groups excluding carboxylic acids is 3. The summed E-state index contributed by atoms with van der Waals surface area (Å²) in [6.45, 7) is -0.288. The average molecular weight is 358 g/mol. The highest BCUT2D eigenvalue weighted by Gasteiger charge is 2.40. The first-order chi connectivity index (χ1) is 12.4. The Morgan fingerprint density at radius 3 is 2.46 bits per heavy atom. The number of ether oxygens (including phenoxy) is 1. The number of benzene rings is 2. The summed E-state index contributed by atoms with van der Waals surface area (Å²) in [7, 11) is 0. The molecule has 2 amide bonds. The van der Waals surface area contributed by atoms with Gasteiger partial charge in [-0.05, 0) is 30.3 Å². The van der Waals surface area contributed by atoms with Gasteiger partial charge >= 0.3 is 5.97 Å². The Bertz CT molecular complexity index is 925. The number of hydrogen-bond acceptors (Lipinski definition) is 6. The second-order valence-electron chi connectivity index (χ2n) is 5.40. The number of nitro benzene ring substituents is 1. The van der Waals surface area contributed by atoms with Crippen molar-refractivity contribution in [3.05, 3.63) is 69.5 Å². The molecule has 0 N–H and O–H groups in total. The molecule has 0 aromatic heterocycles. The standard InChI is InChI=1S/C17H11FN2O6/c18-10-4-6-11(7-5-10)26-14(21)8-9-19-16(22)12-2-1-3-13(20(24)25)15(12)17(19)23/h1-7H,8-9H2. The minimum absolute atomic E-state index is 0.0731. The highest BCUT2D eigenvalue weighted by atomic mass is 19.1. The molecule has 0 bridgehead atoms. The smallest absolute Gasteiger partial charge is 0.312 e. The third-order valence-corrected chi connectivity index (χ3v) is 3.76. The minimum atomic E-state index is -0.827. The van der Waals surface area contributed by atoms with Crippen molar-refractivity contribution < 1.29 is 28.4 Å². The van der Waals surface area contributed by atoms with Crippen LogP contribution in [0.3, 0.4) is 0 Å². The quantitative estimate of drug-likeness (QED) is 0.267. The number of nitrogens with zero attached hydrogens (tertiary/aromatic N) is 2. The largest absolute Gasteiger partial charge is 0.426 e. The molecular formula is C17H11FN2O6. The van der Waals surface area contributed by atoms with Gasteiger partial charge in [0.25, 0.3) is 17.5 Å². The molecule has 1 heterocycles. The summed E-state index contributed by atoms with van der Waals surface area (Å²) in [5.41, 5.74) is -0.817. The molecule has 132 valence electrons. The van der Waals surface area contributed by atoms with Crippen LogP contribution in [0.15, 0.2) is 42.5 Å². The monoisotopic (exact) mass is 358 g/mol. The highest BCUT2D eigenvalue weighted by Crippen LogP contribution is 2.30. The van der Waals surface area contributed by atoms with E-state index in [-0.39, 0.29) is 29.8 Å². The Hall–Kier alpha value is -3.62. The van der Waals surface area contributed by atoms with Gasteiger partial charge in [-0.25, -0.2) is 4.39 Å². The highest BCUT2D eigenvalue weighted by molar-refractivity contribution is 6.23. The van der Waals surface area contributed by atoms with Gasteiger partial charge in [-0.3, -0.25) is 29.4 Å². The predicted molar refractivity (Wildman–Crippen MR) is 85.1 cm³/mol. The number of carbonyl (C=O) groups is 3. The first-order valence-corrected chi connectivity index (χ1v) is 7.48. The molecule has 0 saturated carbocycles. The Morgan fingerprint density at radius 2 is 1.81 bits per heavy atom. The maximum absolute atomic E-state index is 12.8. The number of esters is 1. The first kappa shape index (κ1) is 17.2. The van der Waals surface area contributed by atoms with E-state index in [0.717, 1.165) is 23.1 Å². The van der Waals surface area contributed by atoms with Crippen molar-refractivity contribution in [2.24, 2.45) is 0 Å². The summed E-state index contributed by atoms with van der Waals surface area (Å²) in [6, 6.07) is 8.53. The minimum Gasteiger partial charge on any atom is -0.426 e. The zero-order chi connectivity index (χ0) is 18.8. The zero-order valence-corrected chi connectivity index (χ0v) is 13.2. The van der Waals surface area contributed by atoms with E-state index in [1.165, 1.54) is 24.3 Å². The molecule has 8 nitrogen and oxygen atoms in total. The molecule has 1 aliphatic heterocycles. The normalized spacial score (nSPS) is 12.9. The fourth-order valence-corrected chi connectivity index (χ4v) is 2.56. The van der Waals surface area contributed by atoms with E-state index in [1.807, 2.05) is 0 Å². The Labute approximate surface area is 145 Å². The van der Waals surface area contributed by atoms with E-state index < -0.39 is 34.2 Å². The summed E-state index contributed by atoms with van der Waals surface area (Å²) in [6.07, 6.45) is -0.309. The molecule has 0 atom stereocenters. The van der Waals surface area contributed by atoms with Crippen LogP contribution in [-0.4, -0.2) is 34.2 Å². The summed E-state index contributed by atoms with van der Waals surface area (Å²) in [5.74, 6) is -2.63. The molecule has 0 aliphatic carbocycles. The fourth-order valence-electron chi connectivity index (χ4n) is 2.56. The Balaban J connectivity index is 1.69. The van der Waals surface area contributed by atoms with Crippen molar-refractivity contribution in [2.45, 2.75) is 6.42 Å². The molecule has 2 aromatic rings. The Kier molecular flexibility index (Phi) is 4.44. The first-order valence-electron chi connectivity index (χ1n) is 7.48. The van der Waals surface area contributed by atoms with E-state index in [2.05, 4.69) is 0 Å². The number of amides is 2. The van der Waals surface area contributed by atoms with Crippen LogP contribution in [0.5, 0.6) is 5.75 Å². The molecular weight excluding hydrogens is 347 g/mol. The zero-order valence-electron chi connectivity index (χ0n) is 13.2. The maximum atomic E-state index is 12.8. The van der Waals surface area contributed by atoms with E-state index in [9.17, 15) is 28.9 Å². The van der Waals surface area contributed by atoms with Crippen molar-refractivity contribution in [3.63, 3.8) is 0 Å². The number of fused-ring (bicyclic) bond motifs is 1. The molecule has 0 unspecified atom stereocenters. The van der Waals surface area contributed by atoms with E-state index >= 15 is 0 Å². The molecule has 0 spiro atoms. The molecule has 26 heavy (non-hydrogen) atoms. The fraction of sp³-hybridized carbons (Fsp3) is 0.118. The second kappa shape index (κ2) is 6.71. The SMILES string of the molecule is O=C(CCN1C(=O)c2cccc([N+](=O)[O-])c2C1=O)Oc1ccc(F)cc1. The molecule has 0 radical (unpaired) electrons. The van der Waals surface area contributed by atoms with Crippen molar-refractivity contribution >= 4 is 23.5 Å². The molecule has 0 fully saturated rings. The Morgan fingerprint density at radius 1 is 1.12 bits per heavy atom. The van der Waals surface area contributed by atoms with Crippen LogP contribution in [0, 0.1) is 15.9 Å². The van der Waals surface area contributed by atoms with Crippen LogP contribution >= 0.6 is 0 Å². The maximum Gasteiger partial charge on any atom is 0.312 e. The van der Waals surface area contributed by atoms with Crippen LogP contribution in [0.2, 0.25) is 0 Å². The summed E-state index contributed by atoms with van der Waals surface area (Å²) in [4.78, 5) is 47.5. The lowest BCUT2D eigenvalue weighted by atomic mass is 10.1. The predicted octanol–water partition coefficient (Wildman–Crippen LogP) is 2.33. The molecule has 2 aromatic carbocycles. The number of imide groups is 1. The number of rotatable bonds is 5. The van der Waals surface area contributed by atoms with Gasteiger partial charge in [0.1, 0.15) is 17.1 Å². The third kappa shape index (κ3) is 3.14. The van der Waals surface area contributed by atoms with Crippen molar-refractivity contribution in [1.82, 2.24) is 4.90 Å². The molecule has 1 aliphatic rings. The van der Waals surface area contributed by atoms with Crippen LogP contribution in [-0.2, 0) is 4.79 Å². The summed E-state index contributed by atoms with van der Waals surface area (Å²) < 4.78 is 17.8. The van der Waals surface area contributed by atoms with E-state index in [1.54, 1.807) is 0 Å². The van der Waals surface area contributed by atoms with Crippen LogP contribution in [0.4, 0.5) is 10.1 Å². The van der Waals surface area contributed by atoms with Gasteiger partial charge in [-0.2, -0.15) is 0 Å². The van der Waals surface area contributed by atoms with Gasteiger partial charge in [0.05, 0.1) is 16.9 Å². The van der Waals surface area contributed by atoms with Crippen LogP contribution in [0.25, 0.3) is 0 Å². The third-order valence-electron chi connectivity index (χ3n) is 3.76. The van der Waals surface area contributed by atoms with Gasteiger partial charge in [0.15, 0.2) is 0 Å². The lowest BCUT2D eigenvalue weighted by molar-refractivity contribution is -0.385.